The third kappa shape index (κ3) is 5.79. The molecule has 0 aromatic heterocycles. The average Bonchev–Trinajstić information content (AvgIpc) is 3.06. The Balaban J connectivity index is 1.38. The second-order valence-corrected chi connectivity index (χ2v) is 9.75. The molecule has 3 aromatic carbocycles. The summed E-state index contributed by atoms with van der Waals surface area (Å²) in [6.45, 7) is 4.74. The normalized spacial score (nSPS) is 13.9. The van der Waals surface area contributed by atoms with Crippen LogP contribution < -0.4 is 24.8 Å². The molecule has 178 valence electrons. The van der Waals surface area contributed by atoms with Crippen LogP contribution in [0.3, 0.4) is 0 Å². The SMILES string of the molecule is Cc1ccc(NC(=O)[C@@H](C)Nc2ccc(NS(=O)(=O)c3ccc4c(c3)OCCCO4)cc2)cc1. The number of sulfonamides is 1. The molecule has 8 nitrogen and oxygen atoms in total. The third-order valence-electron chi connectivity index (χ3n) is 5.26. The van der Waals surface area contributed by atoms with Crippen LogP contribution in [0.1, 0.15) is 18.9 Å². The van der Waals surface area contributed by atoms with Gasteiger partial charge in [0.15, 0.2) is 11.5 Å². The van der Waals surface area contributed by atoms with Crippen molar-refractivity contribution in [3.8, 4) is 11.5 Å². The van der Waals surface area contributed by atoms with Crippen molar-refractivity contribution in [2.75, 3.05) is 28.6 Å². The molecule has 1 aliphatic rings. The van der Waals surface area contributed by atoms with Crippen molar-refractivity contribution in [3.05, 3.63) is 72.3 Å². The zero-order chi connectivity index (χ0) is 24.1. The Morgan fingerprint density at radius 2 is 1.47 bits per heavy atom. The Morgan fingerprint density at radius 1 is 0.853 bits per heavy atom. The summed E-state index contributed by atoms with van der Waals surface area (Å²) < 4.78 is 39.4. The Labute approximate surface area is 199 Å². The third-order valence-corrected chi connectivity index (χ3v) is 6.64. The van der Waals surface area contributed by atoms with Gasteiger partial charge in [0.05, 0.1) is 18.1 Å². The largest absolute Gasteiger partial charge is 0.490 e. The molecule has 3 N–H and O–H groups in total. The maximum Gasteiger partial charge on any atom is 0.262 e. The van der Waals surface area contributed by atoms with E-state index in [0.717, 1.165) is 17.7 Å². The first-order valence-electron chi connectivity index (χ1n) is 11.0. The molecule has 0 aliphatic carbocycles. The van der Waals surface area contributed by atoms with E-state index >= 15 is 0 Å². The summed E-state index contributed by atoms with van der Waals surface area (Å²) in [7, 11) is -3.82. The molecule has 9 heteroatoms. The first-order valence-corrected chi connectivity index (χ1v) is 12.4. The number of rotatable bonds is 7. The van der Waals surface area contributed by atoms with E-state index in [1.807, 2.05) is 31.2 Å². The molecule has 4 rings (SSSR count). The van der Waals surface area contributed by atoms with Crippen LogP contribution in [0.2, 0.25) is 0 Å². The maximum absolute atomic E-state index is 12.8. The number of carbonyl (C=O) groups is 1. The summed E-state index contributed by atoms with van der Waals surface area (Å²) in [5.74, 6) is 0.772. The van der Waals surface area contributed by atoms with Crippen LogP contribution in [-0.4, -0.2) is 33.6 Å². The van der Waals surface area contributed by atoms with Crippen LogP contribution in [0.4, 0.5) is 17.1 Å². The molecular formula is C25H27N3O5S. The predicted molar refractivity (Wildman–Crippen MR) is 132 cm³/mol. The molecule has 0 saturated carbocycles. The highest BCUT2D eigenvalue weighted by Crippen LogP contribution is 2.32. The molecular weight excluding hydrogens is 454 g/mol. The lowest BCUT2D eigenvalue weighted by molar-refractivity contribution is -0.116. The van der Waals surface area contributed by atoms with Crippen molar-refractivity contribution < 1.29 is 22.7 Å². The Bertz CT molecular complexity index is 1260. The summed E-state index contributed by atoms with van der Waals surface area (Å²) in [5, 5.41) is 5.98. The first-order chi connectivity index (χ1) is 16.3. The lowest BCUT2D eigenvalue weighted by Crippen LogP contribution is -2.31. The van der Waals surface area contributed by atoms with Gasteiger partial charge in [0.1, 0.15) is 6.04 Å². The smallest absolute Gasteiger partial charge is 0.262 e. The van der Waals surface area contributed by atoms with Gasteiger partial charge < -0.3 is 20.1 Å². The van der Waals surface area contributed by atoms with Crippen molar-refractivity contribution in [2.24, 2.45) is 0 Å². The van der Waals surface area contributed by atoms with Crippen molar-refractivity contribution in [3.63, 3.8) is 0 Å². The summed E-state index contributed by atoms with van der Waals surface area (Å²) >= 11 is 0. The lowest BCUT2D eigenvalue weighted by atomic mass is 10.2. The molecule has 1 amide bonds. The molecule has 0 spiro atoms. The van der Waals surface area contributed by atoms with Gasteiger partial charge >= 0.3 is 0 Å². The second kappa shape index (κ2) is 10.0. The Morgan fingerprint density at radius 3 is 2.18 bits per heavy atom. The monoisotopic (exact) mass is 481 g/mol. The summed E-state index contributed by atoms with van der Waals surface area (Å²) in [5.41, 5.74) is 2.92. The minimum absolute atomic E-state index is 0.0837. The minimum atomic E-state index is -3.82. The number of nitrogens with one attached hydrogen (secondary N) is 3. The van der Waals surface area contributed by atoms with Gasteiger partial charge in [-0.3, -0.25) is 9.52 Å². The number of hydrogen-bond donors (Lipinski definition) is 3. The molecule has 0 unspecified atom stereocenters. The van der Waals surface area contributed by atoms with Crippen LogP contribution >= 0.6 is 0 Å². The molecule has 1 atom stereocenters. The number of amides is 1. The standard InChI is InChI=1S/C25H27N3O5S/c1-17-4-6-20(7-5-17)27-25(29)18(2)26-19-8-10-21(11-9-19)28-34(30,31)22-12-13-23-24(16-22)33-15-3-14-32-23/h4-13,16,18,26,28H,3,14-15H2,1-2H3,(H,27,29)/t18-/m1/s1. The van der Waals surface area contributed by atoms with Crippen LogP contribution in [-0.2, 0) is 14.8 Å². The van der Waals surface area contributed by atoms with Crippen molar-refractivity contribution in [1.29, 1.82) is 0 Å². The van der Waals surface area contributed by atoms with Gasteiger partial charge in [0, 0.05) is 29.5 Å². The lowest BCUT2D eigenvalue weighted by Gasteiger charge is -2.16. The number of anilines is 3. The Hall–Kier alpha value is -3.72. The van der Waals surface area contributed by atoms with E-state index in [9.17, 15) is 13.2 Å². The second-order valence-electron chi connectivity index (χ2n) is 8.06. The van der Waals surface area contributed by atoms with E-state index in [-0.39, 0.29) is 10.8 Å². The van der Waals surface area contributed by atoms with E-state index in [4.69, 9.17) is 9.47 Å². The molecule has 0 bridgehead atoms. The quantitative estimate of drug-likeness (QED) is 0.462. The fraction of sp³-hybridized carbons (Fsp3) is 0.240. The van der Waals surface area contributed by atoms with E-state index in [1.54, 1.807) is 37.3 Å². The number of hydrogen-bond acceptors (Lipinski definition) is 6. The highest BCUT2D eigenvalue weighted by molar-refractivity contribution is 7.92. The molecule has 0 radical (unpaired) electrons. The van der Waals surface area contributed by atoms with Crippen molar-refractivity contribution in [1.82, 2.24) is 0 Å². The minimum Gasteiger partial charge on any atom is -0.490 e. The number of aryl methyl sites for hydroxylation is 1. The van der Waals surface area contributed by atoms with Gasteiger partial charge in [-0.25, -0.2) is 8.42 Å². The van der Waals surface area contributed by atoms with Crippen LogP contribution in [0, 0.1) is 6.92 Å². The number of benzene rings is 3. The van der Waals surface area contributed by atoms with Gasteiger partial charge in [-0.1, -0.05) is 17.7 Å². The Kier molecular flexibility index (Phi) is 6.93. The summed E-state index contributed by atoms with van der Waals surface area (Å²) in [6.07, 6.45) is 0.738. The number of ether oxygens (including phenoxy) is 2. The zero-order valence-corrected chi connectivity index (χ0v) is 19.8. The summed E-state index contributed by atoms with van der Waals surface area (Å²) in [6, 6.07) is 18.3. The van der Waals surface area contributed by atoms with E-state index in [1.165, 1.54) is 12.1 Å². The van der Waals surface area contributed by atoms with E-state index < -0.39 is 16.1 Å². The fourth-order valence-electron chi connectivity index (χ4n) is 3.36. The molecule has 0 saturated heterocycles. The van der Waals surface area contributed by atoms with Gasteiger partial charge in [-0.05, 0) is 62.4 Å². The molecule has 0 fully saturated rings. The number of fused-ring (bicyclic) bond motifs is 1. The number of carbonyl (C=O) groups excluding carboxylic acids is 1. The fourth-order valence-corrected chi connectivity index (χ4v) is 4.44. The van der Waals surface area contributed by atoms with Gasteiger partial charge in [0.2, 0.25) is 5.91 Å². The van der Waals surface area contributed by atoms with Crippen LogP contribution in [0.25, 0.3) is 0 Å². The van der Waals surface area contributed by atoms with Crippen LogP contribution in [0.15, 0.2) is 71.6 Å². The van der Waals surface area contributed by atoms with Gasteiger partial charge in [0.25, 0.3) is 10.0 Å². The van der Waals surface area contributed by atoms with Gasteiger partial charge in [-0.2, -0.15) is 0 Å². The molecule has 34 heavy (non-hydrogen) atoms. The molecule has 1 heterocycles. The molecule has 1 aliphatic heterocycles. The molecule has 3 aromatic rings. The van der Waals surface area contributed by atoms with Crippen molar-refractivity contribution in [2.45, 2.75) is 31.2 Å². The topological polar surface area (TPSA) is 106 Å². The van der Waals surface area contributed by atoms with E-state index in [0.29, 0.717) is 36.1 Å². The van der Waals surface area contributed by atoms with Crippen molar-refractivity contribution >= 4 is 33.0 Å². The average molecular weight is 482 g/mol. The highest BCUT2D eigenvalue weighted by Gasteiger charge is 2.19. The van der Waals surface area contributed by atoms with Crippen LogP contribution in [0.5, 0.6) is 11.5 Å². The zero-order valence-electron chi connectivity index (χ0n) is 19.0. The van der Waals surface area contributed by atoms with E-state index in [2.05, 4.69) is 15.4 Å². The van der Waals surface area contributed by atoms with Gasteiger partial charge in [-0.15, -0.1) is 0 Å². The maximum atomic E-state index is 12.8. The first kappa shape index (κ1) is 23.4. The summed E-state index contributed by atoms with van der Waals surface area (Å²) in [4.78, 5) is 12.5. The predicted octanol–water partition coefficient (Wildman–Crippen LogP) is 4.40. The highest BCUT2D eigenvalue weighted by atomic mass is 32.2.